The number of aromatic amines is 4. The van der Waals surface area contributed by atoms with Gasteiger partial charge < -0.3 is 20.4 Å². The number of methoxy groups -OCH3 is 1. The number of halogens is 3. The van der Waals surface area contributed by atoms with Gasteiger partial charge >= 0.3 is 0 Å². The van der Waals surface area contributed by atoms with Crippen molar-refractivity contribution in [2.24, 2.45) is 0 Å². The third-order valence-corrected chi connectivity index (χ3v) is 8.75. The number of hydrogen-bond donors (Lipinski definition) is 5. The maximum atomic E-state index is 11.5. The fourth-order valence-corrected chi connectivity index (χ4v) is 6.35. The number of anilines is 1. The Morgan fingerprint density at radius 3 is 2.09 bits per heavy atom. The first-order valence-corrected chi connectivity index (χ1v) is 16.2. The van der Waals surface area contributed by atoms with E-state index in [-0.39, 0.29) is 11.1 Å². The van der Waals surface area contributed by atoms with Crippen LogP contribution >= 0.6 is 66.1 Å². The van der Waals surface area contributed by atoms with Gasteiger partial charge in [-0.15, -0.1) is 22.7 Å². The number of nitrogens with zero attached hydrogens (tertiary/aromatic N) is 2. The normalized spacial score (nSPS) is 10.4. The lowest BCUT2D eigenvalue weighted by atomic mass is 10.1. The van der Waals surface area contributed by atoms with Crippen LogP contribution in [0.5, 0.6) is 5.06 Å². The summed E-state index contributed by atoms with van der Waals surface area (Å²) < 4.78 is 7.02. The van der Waals surface area contributed by atoms with Crippen molar-refractivity contribution in [2.45, 2.75) is 19.8 Å². The highest BCUT2D eigenvalue weighted by Crippen LogP contribution is 2.24. The molecule has 6 heterocycles. The molecule has 43 heavy (non-hydrogen) atoms. The summed E-state index contributed by atoms with van der Waals surface area (Å²) in [5, 5.41) is 14.8. The lowest BCUT2D eigenvalue weighted by Gasteiger charge is -1.96. The van der Waals surface area contributed by atoms with Gasteiger partial charge in [-0.3, -0.25) is 19.8 Å². The van der Waals surface area contributed by atoms with Crippen molar-refractivity contribution in [1.82, 2.24) is 30.4 Å². The van der Waals surface area contributed by atoms with Gasteiger partial charge in [0.1, 0.15) is 5.82 Å². The van der Waals surface area contributed by atoms with Crippen LogP contribution in [0.15, 0.2) is 79.5 Å². The zero-order chi connectivity index (χ0) is 30.9. The quantitative estimate of drug-likeness (QED) is 0.113. The Morgan fingerprint density at radius 1 is 0.860 bits per heavy atom. The van der Waals surface area contributed by atoms with Crippen molar-refractivity contribution in [3.63, 3.8) is 0 Å². The Labute approximate surface area is 276 Å². The minimum Gasteiger partial charge on any atom is -0.487 e. The molecule has 224 valence electrons. The van der Waals surface area contributed by atoms with E-state index in [1.807, 2.05) is 36.4 Å². The lowest BCUT2D eigenvalue weighted by molar-refractivity contribution is 0.427. The van der Waals surface area contributed by atoms with E-state index in [0.717, 1.165) is 44.8 Å². The average Bonchev–Trinajstić information content (AvgIpc) is 3.76. The number of aromatic nitrogens is 6. The summed E-state index contributed by atoms with van der Waals surface area (Å²) in [5.41, 5.74) is 9.16. The van der Waals surface area contributed by atoms with E-state index in [4.69, 9.17) is 22.1 Å². The van der Waals surface area contributed by atoms with E-state index < -0.39 is 0 Å². The van der Waals surface area contributed by atoms with Gasteiger partial charge in [-0.1, -0.05) is 11.6 Å². The van der Waals surface area contributed by atoms with E-state index in [9.17, 15) is 9.59 Å². The summed E-state index contributed by atoms with van der Waals surface area (Å²) in [7, 11) is 1.69. The van der Waals surface area contributed by atoms with E-state index in [2.05, 4.69) is 69.1 Å². The van der Waals surface area contributed by atoms with Crippen molar-refractivity contribution in [3.05, 3.63) is 110 Å². The molecule has 0 atom stereocenters. The Morgan fingerprint density at radius 2 is 1.56 bits per heavy atom. The number of thiophene rings is 2. The molecule has 15 heteroatoms. The average molecular weight is 768 g/mol. The summed E-state index contributed by atoms with van der Waals surface area (Å²) in [4.78, 5) is 30.4. The number of aryl methyl sites for hydroxylation is 3. The number of pyridine rings is 2. The minimum absolute atomic E-state index is 0.155. The van der Waals surface area contributed by atoms with E-state index in [1.165, 1.54) is 21.9 Å². The second kappa shape index (κ2) is 15.3. The van der Waals surface area contributed by atoms with Crippen molar-refractivity contribution in [3.8, 4) is 27.6 Å². The molecule has 0 aliphatic heterocycles. The molecule has 6 N–H and O–H groups in total. The highest BCUT2D eigenvalue weighted by molar-refractivity contribution is 9.10. The van der Waals surface area contributed by atoms with E-state index in [0.29, 0.717) is 20.7 Å². The maximum Gasteiger partial charge on any atom is 0.249 e. The number of nitrogens with two attached hydrogens (primary N) is 1. The maximum absolute atomic E-state index is 11.5. The number of H-pyrrole nitrogens is 4. The fraction of sp³-hybridized carbons (Fsp3) is 0.143. The molecular weight excluding hydrogens is 742 g/mol. The second-order valence-electron chi connectivity index (χ2n) is 8.92. The summed E-state index contributed by atoms with van der Waals surface area (Å²) in [5.74, 6) is 0.399. The van der Waals surface area contributed by atoms with Crippen molar-refractivity contribution >= 4 is 72.0 Å². The topological polar surface area (TPSA) is 158 Å². The molecule has 0 saturated carbocycles. The third kappa shape index (κ3) is 10.1. The number of rotatable bonds is 6. The molecule has 10 nitrogen and oxygen atoms in total. The number of nitrogen functional groups attached to an aromatic ring is 1. The van der Waals surface area contributed by atoms with Crippen molar-refractivity contribution in [2.75, 3.05) is 12.8 Å². The van der Waals surface area contributed by atoms with Crippen LogP contribution < -0.4 is 21.6 Å². The number of nitrogens with one attached hydrogen (secondary N) is 4. The zero-order valence-electron chi connectivity index (χ0n) is 22.8. The Bertz CT molecular complexity index is 1910. The summed E-state index contributed by atoms with van der Waals surface area (Å²) in [6, 6.07) is 18.2. The predicted molar refractivity (Wildman–Crippen MR) is 181 cm³/mol. The second-order valence-corrected chi connectivity index (χ2v) is 13.7. The molecule has 0 unspecified atom stereocenters. The van der Waals surface area contributed by atoms with E-state index >= 15 is 0 Å². The first-order valence-electron chi connectivity index (χ1n) is 12.6. The van der Waals surface area contributed by atoms with Gasteiger partial charge in [0.15, 0.2) is 5.06 Å². The van der Waals surface area contributed by atoms with Crippen LogP contribution in [0.1, 0.15) is 15.4 Å². The smallest absolute Gasteiger partial charge is 0.249 e. The standard InChI is InChI=1S/C14H11BrClN3OS.C8H7BrN4O.C6H8OS/c15-12-5-8(6-14(20)17-12)11-7-9(18-19-11)1-2-10-3-4-13(16)21-10;9-6-1-4(2-8(14)11-6)5-3-7(10)13-12-5;1-5-3-4-6(7-2)8-5/h3-7H,1-2H2,(H,17,20)(H,18,19);1-3H,(H,11,14)(H3,10,12,13);3-4H,1-2H3. The van der Waals surface area contributed by atoms with Gasteiger partial charge in [0.25, 0.3) is 0 Å². The number of hydrogen-bond acceptors (Lipinski definition) is 8. The molecule has 0 amide bonds. The molecule has 6 rings (SSSR count). The van der Waals surface area contributed by atoms with Gasteiger partial charge in [0.05, 0.1) is 32.0 Å². The van der Waals surface area contributed by atoms with Crippen molar-refractivity contribution in [1.29, 1.82) is 0 Å². The largest absolute Gasteiger partial charge is 0.487 e. The van der Waals surface area contributed by atoms with Gasteiger partial charge in [-0.05, 0) is 94.1 Å². The molecule has 0 aromatic carbocycles. The van der Waals surface area contributed by atoms with Gasteiger partial charge in [0, 0.05) is 44.8 Å². The Kier molecular flexibility index (Phi) is 11.6. The van der Waals surface area contributed by atoms with Gasteiger partial charge in [-0.2, -0.15) is 10.2 Å². The first kappa shape index (κ1) is 32.5. The van der Waals surface area contributed by atoms with Crippen LogP contribution in [0.3, 0.4) is 0 Å². The van der Waals surface area contributed by atoms with Crippen LogP contribution in [-0.2, 0) is 12.8 Å². The Balaban J connectivity index is 0.000000165. The SMILES string of the molecule is COc1ccc(C)s1.Nc1cc(-c2cc(Br)[nH]c(=O)c2)[nH]n1.O=c1cc(-c2cc(CCc3ccc(Cl)s3)[nH]n2)cc(Br)[nH]1. The van der Waals surface area contributed by atoms with Gasteiger partial charge in [-0.25, -0.2) is 0 Å². The molecule has 0 saturated heterocycles. The monoisotopic (exact) mass is 765 g/mol. The predicted octanol–water partition coefficient (Wildman–Crippen LogP) is 7.20. The highest BCUT2D eigenvalue weighted by Gasteiger charge is 2.07. The molecule has 0 aliphatic rings. The zero-order valence-corrected chi connectivity index (χ0v) is 28.4. The summed E-state index contributed by atoms with van der Waals surface area (Å²) in [6.45, 7) is 2.06. The summed E-state index contributed by atoms with van der Waals surface area (Å²) >= 11 is 15.6. The summed E-state index contributed by atoms with van der Waals surface area (Å²) in [6.07, 6.45) is 1.77. The first-order chi connectivity index (χ1) is 20.6. The van der Waals surface area contributed by atoms with Gasteiger partial charge in [0.2, 0.25) is 11.1 Å². The van der Waals surface area contributed by atoms with Crippen LogP contribution in [0.4, 0.5) is 5.82 Å². The molecule has 0 radical (unpaired) electrons. The number of ether oxygens (including phenoxy) is 1. The molecule has 0 aliphatic carbocycles. The van der Waals surface area contributed by atoms with Crippen LogP contribution in [0.2, 0.25) is 4.34 Å². The van der Waals surface area contributed by atoms with Crippen molar-refractivity contribution < 1.29 is 4.74 Å². The fourth-order valence-electron chi connectivity index (χ4n) is 3.71. The van der Waals surface area contributed by atoms with Crippen LogP contribution in [0.25, 0.3) is 22.5 Å². The third-order valence-electron chi connectivity index (χ3n) is 5.64. The van der Waals surface area contributed by atoms with Crippen LogP contribution in [0, 0.1) is 6.92 Å². The van der Waals surface area contributed by atoms with Crippen LogP contribution in [-0.4, -0.2) is 37.5 Å². The molecule has 6 aromatic heterocycles. The highest BCUT2D eigenvalue weighted by atomic mass is 79.9. The molecular formula is C28H26Br2ClN7O3S2. The molecule has 0 fully saturated rings. The molecule has 6 aromatic rings. The van der Waals surface area contributed by atoms with E-state index in [1.54, 1.807) is 41.9 Å². The Hall–Kier alpha value is -3.43. The molecule has 0 spiro atoms. The minimum atomic E-state index is -0.178. The molecule has 0 bridgehead atoms. The lowest BCUT2D eigenvalue weighted by Crippen LogP contribution is -2.03.